The quantitative estimate of drug-likeness (QED) is 0.522. The molecule has 0 bridgehead atoms. The van der Waals surface area contributed by atoms with Crippen molar-refractivity contribution in [2.24, 2.45) is 5.92 Å². The Labute approximate surface area is 214 Å². The molecule has 1 atom stereocenters. The van der Waals surface area contributed by atoms with Gasteiger partial charge in [-0.2, -0.15) is 0 Å². The molecule has 1 saturated heterocycles. The molecule has 2 aliphatic rings. The Kier molecular flexibility index (Phi) is 8.93. The maximum atomic E-state index is 13.7. The summed E-state index contributed by atoms with van der Waals surface area (Å²) in [6, 6.07) is 11.7. The van der Waals surface area contributed by atoms with Crippen molar-refractivity contribution >= 4 is 5.91 Å². The van der Waals surface area contributed by atoms with Crippen molar-refractivity contribution in [3.8, 4) is 23.0 Å². The van der Waals surface area contributed by atoms with Crippen LogP contribution in [0.4, 0.5) is 0 Å². The van der Waals surface area contributed by atoms with Crippen LogP contribution >= 0.6 is 0 Å². The van der Waals surface area contributed by atoms with E-state index >= 15 is 0 Å². The van der Waals surface area contributed by atoms with E-state index in [9.17, 15) is 4.79 Å². The number of morpholine rings is 1. The Hall–Kier alpha value is -2.97. The predicted octanol–water partition coefficient (Wildman–Crippen LogP) is 3.75. The number of hydrogen-bond donors (Lipinski definition) is 0. The average molecular weight is 499 g/mol. The lowest BCUT2D eigenvalue weighted by atomic mass is 10.1. The molecule has 8 heteroatoms. The first-order valence-corrected chi connectivity index (χ1v) is 12.7. The fourth-order valence-corrected chi connectivity index (χ4v) is 4.65. The van der Waals surface area contributed by atoms with Gasteiger partial charge in [-0.1, -0.05) is 19.9 Å². The lowest BCUT2D eigenvalue weighted by Gasteiger charge is -2.36. The summed E-state index contributed by atoms with van der Waals surface area (Å²) in [7, 11) is 3.32. The second kappa shape index (κ2) is 12.3. The zero-order valence-corrected chi connectivity index (χ0v) is 21.8. The molecule has 2 heterocycles. The number of benzene rings is 2. The molecule has 0 saturated carbocycles. The first-order valence-electron chi connectivity index (χ1n) is 12.7. The highest BCUT2D eigenvalue weighted by atomic mass is 16.5. The van der Waals surface area contributed by atoms with Gasteiger partial charge in [-0.15, -0.1) is 0 Å². The van der Waals surface area contributed by atoms with E-state index in [1.807, 2.05) is 41.3 Å². The van der Waals surface area contributed by atoms with E-state index in [-0.39, 0.29) is 5.91 Å². The average Bonchev–Trinajstić information content (AvgIpc) is 3.13. The van der Waals surface area contributed by atoms with Gasteiger partial charge < -0.3 is 28.6 Å². The zero-order valence-electron chi connectivity index (χ0n) is 21.8. The van der Waals surface area contributed by atoms with Gasteiger partial charge in [0.05, 0.1) is 34.0 Å². The summed E-state index contributed by atoms with van der Waals surface area (Å²) < 4.78 is 28.5. The molecular weight excluding hydrogens is 460 g/mol. The van der Waals surface area contributed by atoms with Crippen molar-refractivity contribution in [2.75, 3.05) is 53.7 Å². The van der Waals surface area contributed by atoms with E-state index in [0.29, 0.717) is 51.9 Å². The van der Waals surface area contributed by atoms with Gasteiger partial charge >= 0.3 is 0 Å². The minimum Gasteiger partial charge on any atom is -0.497 e. The maximum Gasteiger partial charge on any atom is 0.253 e. The molecular formula is C28H38N2O6. The molecule has 0 spiro atoms. The van der Waals surface area contributed by atoms with Crippen LogP contribution in [0.2, 0.25) is 0 Å². The topological polar surface area (TPSA) is 69.7 Å². The minimum atomic E-state index is -0.519. The molecule has 4 rings (SSSR count). The number of ether oxygens (including phenoxy) is 5. The summed E-state index contributed by atoms with van der Waals surface area (Å²) in [5.41, 5.74) is 2.04. The van der Waals surface area contributed by atoms with Gasteiger partial charge in [-0.25, -0.2) is 0 Å². The first-order chi connectivity index (χ1) is 17.5. The largest absolute Gasteiger partial charge is 0.497 e. The smallest absolute Gasteiger partial charge is 0.253 e. The van der Waals surface area contributed by atoms with Gasteiger partial charge in [0.15, 0.2) is 11.5 Å². The molecule has 8 nitrogen and oxygen atoms in total. The van der Waals surface area contributed by atoms with Crippen molar-refractivity contribution in [1.29, 1.82) is 0 Å². The number of carbonyl (C=O) groups excluding carboxylic acids is 1. The predicted molar refractivity (Wildman–Crippen MR) is 137 cm³/mol. The minimum absolute atomic E-state index is 0.0121. The summed E-state index contributed by atoms with van der Waals surface area (Å²) in [4.78, 5) is 17.8. The van der Waals surface area contributed by atoms with E-state index in [2.05, 4.69) is 18.7 Å². The SMILES string of the molecule is COc1ccc(OC)c(CN2CCOC(C(=O)N(Cc3ccc4c(c3)OCCCO4)CC(C)C)C2)c1. The van der Waals surface area contributed by atoms with Crippen molar-refractivity contribution in [2.45, 2.75) is 39.5 Å². The molecule has 0 aliphatic carbocycles. The molecule has 0 aromatic heterocycles. The van der Waals surface area contributed by atoms with Gasteiger partial charge in [0, 0.05) is 44.7 Å². The van der Waals surface area contributed by atoms with E-state index in [1.54, 1.807) is 14.2 Å². The zero-order chi connectivity index (χ0) is 25.5. The van der Waals surface area contributed by atoms with Gasteiger partial charge in [-0.05, 0) is 41.8 Å². The number of nitrogens with zero attached hydrogens (tertiary/aromatic N) is 2. The molecule has 0 N–H and O–H groups in total. The fraction of sp³-hybridized carbons (Fsp3) is 0.536. The Morgan fingerprint density at radius 3 is 2.61 bits per heavy atom. The van der Waals surface area contributed by atoms with Crippen LogP contribution in [0.15, 0.2) is 36.4 Å². The summed E-state index contributed by atoms with van der Waals surface area (Å²) in [5.74, 6) is 3.44. The molecule has 2 aromatic rings. The molecule has 0 radical (unpaired) electrons. The Balaban J connectivity index is 1.46. The first kappa shape index (κ1) is 26.1. The van der Waals surface area contributed by atoms with Crippen molar-refractivity contribution in [3.63, 3.8) is 0 Å². The van der Waals surface area contributed by atoms with Crippen LogP contribution in [-0.4, -0.2) is 75.5 Å². The van der Waals surface area contributed by atoms with Crippen LogP contribution in [0.5, 0.6) is 23.0 Å². The highest BCUT2D eigenvalue weighted by Crippen LogP contribution is 2.31. The number of fused-ring (bicyclic) bond motifs is 1. The van der Waals surface area contributed by atoms with E-state index < -0.39 is 6.10 Å². The lowest BCUT2D eigenvalue weighted by molar-refractivity contribution is -0.151. The van der Waals surface area contributed by atoms with Gasteiger partial charge in [0.1, 0.15) is 17.6 Å². The van der Waals surface area contributed by atoms with E-state index in [4.69, 9.17) is 23.7 Å². The monoisotopic (exact) mass is 498 g/mol. The van der Waals surface area contributed by atoms with Crippen LogP contribution in [0, 0.1) is 5.92 Å². The Morgan fingerprint density at radius 1 is 1.06 bits per heavy atom. The highest BCUT2D eigenvalue weighted by Gasteiger charge is 2.31. The number of hydrogen-bond acceptors (Lipinski definition) is 7. The summed E-state index contributed by atoms with van der Waals surface area (Å²) in [6.07, 6.45) is 0.341. The van der Waals surface area contributed by atoms with Crippen LogP contribution in [0.25, 0.3) is 0 Å². The van der Waals surface area contributed by atoms with E-state index in [1.165, 1.54) is 0 Å². The highest BCUT2D eigenvalue weighted by molar-refractivity contribution is 5.81. The molecule has 1 amide bonds. The van der Waals surface area contributed by atoms with Crippen LogP contribution in [0.3, 0.4) is 0 Å². The molecule has 1 fully saturated rings. The second-order valence-electron chi connectivity index (χ2n) is 9.72. The lowest BCUT2D eigenvalue weighted by Crippen LogP contribution is -2.51. The van der Waals surface area contributed by atoms with E-state index in [0.717, 1.165) is 47.1 Å². The number of carbonyl (C=O) groups is 1. The molecule has 36 heavy (non-hydrogen) atoms. The van der Waals surface area contributed by atoms with Gasteiger partial charge in [0.25, 0.3) is 5.91 Å². The fourth-order valence-electron chi connectivity index (χ4n) is 4.65. The van der Waals surface area contributed by atoms with Gasteiger partial charge in [-0.3, -0.25) is 9.69 Å². The number of rotatable bonds is 9. The summed E-state index contributed by atoms with van der Waals surface area (Å²) in [6.45, 7) is 9.10. The molecule has 1 unspecified atom stereocenters. The second-order valence-corrected chi connectivity index (χ2v) is 9.72. The van der Waals surface area contributed by atoms with Crippen LogP contribution < -0.4 is 18.9 Å². The summed E-state index contributed by atoms with van der Waals surface area (Å²) in [5, 5.41) is 0. The Bertz CT molecular complexity index is 1030. The van der Waals surface area contributed by atoms with Gasteiger partial charge in [0.2, 0.25) is 0 Å². The van der Waals surface area contributed by atoms with Crippen molar-refractivity contribution in [3.05, 3.63) is 47.5 Å². The van der Waals surface area contributed by atoms with Crippen molar-refractivity contribution < 1.29 is 28.5 Å². The third kappa shape index (κ3) is 6.62. The van der Waals surface area contributed by atoms with Crippen molar-refractivity contribution in [1.82, 2.24) is 9.80 Å². The maximum absolute atomic E-state index is 13.7. The normalized spacial score (nSPS) is 18.0. The molecule has 2 aliphatic heterocycles. The van der Waals surface area contributed by atoms with Crippen LogP contribution in [-0.2, 0) is 22.6 Å². The molecule has 2 aromatic carbocycles. The third-order valence-corrected chi connectivity index (χ3v) is 6.39. The number of amides is 1. The number of methoxy groups -OCH3 is 2. The summed E-state index contributed by atoms with van der Waals surface area (Å²) >= 11 is 0. The molecule has 196 valence electrons. The third-order valence-electron chi connectivity index (χ3n) is 6.39. The Morgan fingerprint density at radius 2 is 1.86 bits per heavy atom. The van der Waals surface area contributed by atoms with Crippen LogP contribution in [0.1, 0.15) is 31.4 Å². The standard InChI is InChI=1S/C28H38N2O6/c1-20(2)16-30(17-21-6-8-25-26(14-21)35-12-5-11-34-25)28(31)27-19-29(10-13-36-27)18-22-15-23(32-3)7-9-24(22)33-4/h6-9,14-15,20,27H,5,10-13,16-19H2,1-4H3.